The Labute approximate surface area is 103 Å². The van der Waals surface area contributed by atoms with E-state index in [4.69, 9.17) is 11.6 Å². The first kappa shape index (κ1) is 13.5. The molecule has 1 aromatic rings. The molecule has 1 aromatic carbocycles. The van der Waals surface area contributed by atoms with Gasteiger partial charge in [-0.25, -0.2) is 0 Å². The molecule has 0 aliphatic rings. The van der Waals surface area contributed by atoms with E-state index in [9.17, 15) is 0 Å². The number of benzene rings is 1. The summed E-state index contributed by atoms with van der Waals surface area (Å²) >= 11 is 6.14. The second-order valence-electron chi connectivity index (χ2n) is 4.38. The normalized spacial score (nSPS) is 11.1. The topological polar surface area (TPSA) is 24.1 Å². The molecule has 0 aliphatic carbocycles. The molecule has 16 heavy (non-hydrogen) atoms. The minimum Gasteiger partial charge on any atom is -0.313 e. The van der Waals surface area contributed by atoms with Crippen molar-refractivity contribution in [3.05, 3.63) is 34.3 Å². The summed E-state index contributed by atoms with van der Waals surface area (Å²) < 4.78 is 0. The summed E-state index contributed by atoms with van der Waals surface area (Å²) in [5.74, 6) is 0. The first-order chi connectivity index (χ1) is 7.59. The average Bonchev–Trinajstić information content (AvgIpc) is 2.20. The van der Waals surface area contributed by atoms with Gasteiger partial charge in [-0.15, -0.1) is 0 Å². The second kappa shape index (κ2) is 6.89. The van der Waals surface area contributed by atoms with Crippen molar-refractivity contribution >= 4 is 11.6 Å². The molecule has 3 heteroatoms. The second-order valence-corrected chi connectivity index (χ2v) is 4.79. The van der Waals surface area contributed by atoms with Crippen LogP contribution in [0.25, 0.3) is 0 Å². The van der Waals surface area contributed by atoms with Crippen LogP contribution in [0.1, 0.15) is 25.0 Å². The molecule has 2 nitrogen and oxygen atoms in total. The molecule has 0 aromatic heterocycles. The van der Waals surface area contributed by atoms with Gasteiger partial charge in [0, 0.05) is 30.7 Å². The highest BCUT2D eigenvalue weighted by Gasteiger charge is 1.99. The highest BCUT2D eigenvalue weighted by molar-refractivity contribution is 6.31. The first-order valence-corrected chi connectivity index (χ1v) is 6.16. The van der Waals surface area contributed by atoms with Crippen LogP contribution >= 0.6 is 11.6 Å². The first-order valence-electron chi connectivity index (χ1n) is 5.78. The van der Waals surface area contributed by atoms with Crippen LogP contribution in [0, 0.1) is 6.92 Å². The minimum atomic E-state index is 0.546. The predicted octanol–water partition coefficient (Wildman–Crippen LogP) is 2.74. The zero-order valence-corrected chi connectivity index (χ0v) is 11.1. The third-order valence-electron chi connectivity index (χ3n) is 2.38. The molecule has 2 N–H and O–H groups in total. The van der Waals surface area contributed by atoms with Gasteiger partial charge in [-0.05, 0) is 24.1 Å². The molecule has 90 valence electrons. The fourth-order valence-electron chi connectivity index (χ4n) is 1.47. The molecule has 0 spiro atoms. The van der Waals surface area contributed by atoms with Crippen molar-refractivity contribution in [2.24, 2.45) is 0 Å². The minimum absolute atomic E-state index is 0.546. The Morgan fingerprint density at radius 2 is 2.00 bits per heavy atom. The number of hydrogen-bond donors (Lipinski definition) is 2. The smallest absolute Gasteiger partial charge is 0.0453 e. The lowest BCUT2D eigenvalue weighted by Crippen LogP contribution is -2.31. The molecule has 0 heterocycles. The van der Waals surface area contributed by atoms with Gasteiger partial charge in [-0.3, -0.25) is 0 Å². The molecule has 1 rings (SSSR count). The zero-order valence-electron chi connectivity index (χ0n) is 10.3. The van der Waals surface area contributed by atoms with Gasteiger partial charge in [0.15, 0.2) is 0 Å². The molecule has 0 bridgehead atoms. The highest BCUT2D eigenvalue weighted by Crippen LogP contribution is 2.16. The quantitative estimate of drug-likeness (QED) is 0.748. The summed E-state index contributed by atoms with van der Waals surface area (Å²) in [4.78, 5) is 0. The van der Waals surface area contributed by atoms with Crippen LogP contribution in [0.4, 0.5) is 0 Å². The third kappa shape index (κ3) is 4.97. The molecule has 0 atom stereocenters. The van der Waals surface area contributed by atoms with E-state index in [0.29, 0.717) is 6.04 Å². The maximum absolute atomic E-state index is 6.14. The molecular weight excluding hydrogens is 220 g/mol. The van der Waals surface area contributed by atoms with Crippen LogP contribution in [0.5, 0.6) is 0 Å². The summed E-state index contributed by atoms with van der Waals surface area (Å²) in [7, 11) is 0. The van der Waals surface area contributed by atoms with Gasteiger partial charge in [0.1, 0.15) is 0 Å². The molecule has 0 unspecified atom stereocenters. The van der Waals surface area contributed by atoms with Gasteiger partial charge in [-0.1, -0.05) is 37.6 Å². The molecule has 0 saturated carbocycles. The number of aryl methyl sites for hydroxylation is 1. The summed E-state index contributed by atoms with van der Waals surface area (Å²) in [5.41, 5.74) is 2.37. The van der Waals surface area contributed by atoms with E-state index in [0.717, 1.165) is 30.2 Å². The van der Waals surface area contributed by atoms with Gasteiger partial charge < -0.3 is 10.6 Å². The number of rotatable bonds is 6. The molecule has 0 amide bonds. The third-order valence-corrected chi connectivity index (χ3v) is 2.73. The average molecular weight is 241 g/mol. The van der Waals surface area contributed by atoms with Crippen molar-refractivity contribution in [1.82, 2.24) is 10.6 Å². The van der Waals surface area contributed by atoms with E-state index in [1.54, 1.807) is 0 Å². The highest BCUT2D eigenvalue weighted by atomic mass is 35.5. The molecule has 0 aliphatic heterocycles. The largest absolute Gasteiger partial charge is 0.313 e. The van der Waals surface area contributed by atoms with Crippen molar-refractivity contribution in [2.45, 2.75) is 33.4 Å². The van der Waals surface area contributed by atoms with E-state index >= 15 is 0 Å². The number of nitrogens with one attached hydrogen (secondary N) is 2. The lowest BCUT2D eigenvalue weighted by molar-refractivity contribution is 0.555. The van der Waals surface area contributed by atoms with Crippen molar-refractivity contribution in [3.63, 3.8) is 0 Å². The van der Waals surface area contributed by atoms with E-state index < -0.39 is 0 Å². The fourth-order valence-corrected chi connectivity index (χ4v) is 1.77. The molecule has 0 radical (unpaired) electrons. The van der Waals surface area contributed by atoms with Crippen LogP contribution < -0.4 is 10.6 Å². The van der Waals surface area contributed by atoms with Crippen molar-refractivity contribution in [3.8, 4) is 0 Å². The van der Waals surface area contributed by atoms with E-state index in [2.05, 4.69) is 43.5 Å². The number of halogens is 1. The monoisotopic (exact) mass is 240 g/mol. The van der Waals surface area contributed by atoms with Crippen molar-refractivity contribution < 1.29 is 0 Å². The van der Waals surface area contributed by atoms with E-state index in [1.807, 2.05) is 6.07 Å². The maximum atomic E-state index is 6.14. The fraction of sp³-hybridized carbons (Fsp3) is 0.538. The Morgan fingerprint density at radius 1 is 1.25 bits per heavy atom. The Balaban J connectivity index is 2.27. The molecule has 0 fully saturated rings. The van der Waals surface area contributed by atoms with Crippen LogP contribution in [0.3, 0.4) is 0 Å². The summed E-state index contributed by atoms with van der Waals surface area (Å²) in [6.07, 6.45) is 0. The van der Waals surface area contributed by atoms with Crippen LogP contribution in [-0.4, -0.2) is 19.1 Å². The van der Waals surface area contributed by atoms with E-state index in [1.165, 1.54) is 5.56 Å². The van der Waals surface area contributed by atoms with Crippen molar-refractivity contribution in [1.29, 1.82) is 0 Å². The Bertz CT molecular complexity index is 324. The SMILES string of the molecule is Cc1ccc(CNCCNC(C)C)c(Cl)c1. The van der Waals surface area contributed by atoms with Crippen LogP contribution in [0.15, 0.2) is 18.2 Å². The predicted molar refractivity (Wildman–Crippen MR) is 71.0 cm³/mol. The summed E-state index contributed by atoms with van der Waals surface area (Å²) in [5, 5.41) is 7.58. The van der Waals surface area contributed by atoms with Crippen LogP contribution in [-0.2, 0) is 6.54 Å². The van der Waals surface area contributed by atoms with Gasteiger partial charge >= 0.3 is 0 Å². The maximum Gasteiger partial charge on any atom is 0.0453 e. The van der Waals surface area contributed by atoms with Gasteiger partial charge in [-0.2, -0.15) is 0 Å². The zero-order chi connectivity index (χ0) is 12.0. The summed E-state index contributed by atoms with van der Waals surface area (Å²) in [6, 6.07) is 6.73. The lowest BCUT2D eigenvalue weighted by atomic mass is 10.1. The number of hydrogen-bond acceptors (Lipinski definition) is 2. The van der Waals surface area contributed by atoms with Crippen molar-refractivity contribution in [2.75, 3.05) is 13.1 Å². The van der Waals surface area contributed by atoms with Crippen LogP contribution in [0.2, 0.25) is 5.02 Å². The molecule has 0 saturated heterocycles. The molecular formula is C13H21ClN2. The Hall–Kier alpha value is -0.570. The van der Waals surface area contributed by atoms with E-state index in [-0.39, 0.29) is 0 Å². The van der Waals surface area contributed by atoms with Gasteiger partial charge in [0.25, 0.3) is 0 Å². The van der Waals surface area contributed by atoms with Gasteiger partial charge in [0.05, 0.1) is 0 Å². The van der Waals surface area contributed by atoms with Gasteiger partial charge in [0.2, 0.25) is 0 Å². The lowest BCUT2D eigenvalue weighted by Gasteiger charge is -2.10. The Morgan fingerprint density at radius 3 is 2.62 bits per heavy atom. The Kier molecular flexibility index (Phi) is 5.81. The standard InChI is InChI=1S/C13H21ClN2/c1-10(2)16-7-6-15-9-12-5-4-11(3)8-13(12)14/h4-5,8,10,15-16H,6-7,9H2,1-3H3. The summed E-state index contributed by atoms with van der Waals surface area (Å²) in [6.45, 7) is 9.13.